The van der Waals surface area contributed by atoms with Crippen LogP contribution in [0.25, 0.3) is 0 Å². The van der Waals surface area contributed by atoms with Crippen LogP contribution in [0.1, 0.15) is 33.1 Å². The zero-order chi connectivity index (χ0) is 12.1. The maximum absolute atomic E-state index is 7.60. The minimum atomic E-state index is 0.123. The van der Waals surface area contributed by atoms with E-state index in [0.717, 1.165) is 13.0 Å². The van der Waals surface area contributed by atoms with Crippen LogP contribution in [0.3, 0.4) is 0 Å². The van der Waals surface area contributed by atoms with Gasteiger partial charge in [0.2, 0.25) is 0 Å². The fourth-order valence-corrected chi connectivity index (χ4v) is 2.62. The number of piperidine rings is 1. The molecule has 16 heavy (non-hydrogen) atoms. The molecule has 0 saturated carbocycles. The van der Waals surface area contributed by atoms with E-state index in [0.29, 0.717) is 11.9 Å². The quantitative estimate of drug-likeness (QED) is 0.545. The highest BCUT2D eigenvalue weighted by Gasteiger charge is 2.26. The van der Waals surface area contributed by atoms with E-state index < -0.39 is 0 Å². The SMILES string of the molecule is CCC(C(=N)N)N(C)C1CCN(CC)CC1. The van der Waals surface area contributed by atoms with Crippen molar-refractivity contribution in [2.24, 2.45) is 5.73 Å². The van der Waals surface area contributed by atoms with E-state index in [9.17, 15) is 0 Å². The first-order chi connectivity index (χ1) is 7.60. The second-order valence-electron chi connectivity index (χ2n) is 4.71. The van der Waals surface area contributed by atoms with E-state index in [2.05, 4.69) is 30.7 Å². The van der Waals surface area contributed by atoms with Crippen molar-refractivity contribution in [1.82, 2.24) is 9.80 Å². The summed E-state index contributed by atoms with van der Waals surface area (Å²) in [6.45, 7) is 7.83. The molecule has 0 aliphatic carbocycles. The maximum atomic E-state index is 7.60. The second-order valence-corrected chi connectivity index (χ2v) is 4.71. The van der Waals surface area contributed by atoms with Gasteiger partial charge in [0, 0.05) is 6.04 Å². The third-order valence-corrected chi connectivity index (χ3v) is 3.82. The molecule has 0 spiro atoms. The highest BCUT2D eigenvalue weighted by Crippen LogP contribution is 2.18. The van der Waals surface area contributed by atoms with Gasteiger partial charge in [-0.05, 0) is 45.9 Å². The van der Waals surface area contributed by atoms with Gasteiger partial charge < -0.3 is 10.6 Å². The summed E-state index contributed by atoms with van der Waals surface area (Å²) in [7, 11) is 2.11. The van der Waals surface area contributed by atoms with Crippen molar-refractivity contribution >= 4 is 5.84 Å². The fraction of sp³-hybridized carbons (Fsp3) is 0.917. The van der Waals surface area contributed by atoms with Gasteiger partial charge in [-0.15, -0.1) is 0 Å². The van der Waals surface area contributed by atoms with Gasteiger partial charge in [-0.1, -0.05) is 13.8 Å². The third kappa shape index (κ3) is 3.19. The summed E-state index contributed by atoms with van der Waals surface area (Å²) < 4.78 is 0. The minimum absolute atomic E-state index is 0.123. The van der Waals surface area contributed by atoms with Gasteiger partial charge in [0.1, 0.15) is 5.84 Å². The molecule has 4 nitrogen and oxygen atoms in total. The molecule has 0 radical (unpaired) electrons. The van der Waals surface area contributed by atoms with E-state index in [4.69, 9.17) is 11.1 Å². The van der Waals surface area contributed by atoms with Gasteiger partial charge in [0.05, 0.1) is 6.04 Å². The Hall–Kier alpha value is -0.610. The molecular formula is C12H26N4. The Labute approximate surface area is 99.3 Å². The normalized spacial score (nSPS) is 21.2. The van der Waals surface area contributed by atoms with Crippen molar-refractivity contribution in [3.8, 4) is 0 Å². The summed E-state index contributed by atoms with van der Waals surface area (Å²) in [5, 5.41) is 7.60. The Morgan fingerprint density at radius 2 is 2.00 bits per heavy atom. The van der Waals surface area contributed by atoms with Crippen molar-refractivity contribution in [3.05, 3.63) is 0 Å². The molecule has 0 aromatic heterocycles. The molecule has 0 aromatic rings. The number of likely N-dealkylation sites (tertiary alicyclic amines) is 1. The number of nitrogens with one attached hydrogen (secondary N) is 1. The highest BCUT2D eigenvalue weighted by atomic mass is 15.2. The van der Waals surface area contributed by atoms with Crippen molar-refractivity contribution < 1.29 is 0 Å². The summed E-state index contributed by atoms with van der Waals surface area (Å²) in [5.41, 5.74) is 5.64. The topological polar surface area (TPSA) is 56.4 Å². The van der Waals surface area contributed by atoms with Crippen molar-refractivity contribution in [1.29, 1.82) is 5.41 Å². The van der Waals surface area contributed by atoms with Gasteiger partial charge in [-0.2, -0.15) is 0 Å². The number of amidine groups is 1. The predicted octanol–water partition coefficient (Wildman–Crippen LogP) is 1.12. The first kappa shape index (κ1) is 13.5. The number of hydrogen-bond acceptors (Lipinski definition) is 3. The monoisotopic (exact) mass is 226 g/mol. The third-order valence-electron chi connectivity index (χ3n) is 3.82. The molecular weight excluding hydrogens is 200 g/mol. The molecule has 1 unspecified atom stereocenters. The largest absolute Gasteiger partial charge is 0.386 e. The predicted molar refractivity (Wildman–Crippen MR) is 68.9 cm³/mol. The lowest BCUT2D eigenvalue weighted by Crippen LogP contribution is -2.50. The average Bonchev–Trinajstić information content (AvgIpc) is 2.29. The van der Waals surface area contributed by atoms with Crippen LogP contribution >= 0.6 is 0 Å². The standard InChI is InChI=1S/C12H26N4/c1-4-11(12(13)14)15(3)10-6-8-16(5-2)9-7-10/h10-11H,4-9H2,1-3H3,(H3,13,14). The Morgan fingerprint density at radius 3 is 2.38 bits per heavy atom. The molecule has 4 heteroatoms. The summed E-state index contributed by atoms with van der Waals surface area (Å²) in [4.78, 5) is 4.79. The Kier molecular flexibility index (Phi) is 5.22. The first-order valence-electron chi connectivity index (χ1n) is 6.38. The summed E-state index contributed by atoms with van der Waals surface area (Å²) >= 11 is 0. The highest BCUT2D eigenvalue weighted by molar-refractivity contribution is 5.82. The lowest BCUT2D eigenvalue weighted by Gasteiger charge is -2.39. The molecule has 3 N–H and O–H groups in total. The van der Waals surface area contributed by atoms with Crippen LogP contribution in [0.5, 0.6) is 0 Å². The lowest BCUT2D eigenvalue weighted by atomic mass is 10.0. The van der Waals surface area contributed by atoms with E-state index >= 15 is 0 Å². The van der Waals surface area contributed by atoms with Crippen LogP contribution in [-0.4, -0.2) is 54.4 Å². The molecule has 1 aliphatic heterocycles. The van der Waals surface area contributed by atoms with E-state index in [-0.39, 0.29) is 6.04 Å². The fourth-order valence-electron chi connectivity index (χ4n) is 2.62. The molecule has 1 heterocycles. The van der Waals surface area contributed by atoms with Crippen molar-refractivity contribution in [2.75, 3.05) is 26.7 Å². The number of rotatable bonds is 5. The van der Waals surface area contributed by atoms with Gasteiger partial charge in [0.25, 0.3) is 0 Å². The Morgan fingerprint density at radius 1 is 1.44 bits per heavy atom. The number of hydrogen-bond donors (Lipinski definition) is 2. The van der Waals surface area contributed by atoms with Gasteiger partial charge >= 0.3 is 0 Å². The molecule has 1 saturated heterocycles. The van der Waals surface area contributed by atoms with Crippen molar-refractivity contribution in [3.63, 3.8) is 0 Å². The Bertz CT molecular complexity index is 221. The molecule has 0 aromatic carbocycles. The summed E-state index contributed by atoms with van der Waals surface area (Å²) in [5.74, 6) is 0.308. The number of nitrogens with two attached hydrogens (primary N) is 1. The molecule has 1 fully saturated rings. The average molecular weight is 226 g/mol. The van der Waals surface area contributed by atoms with Crippen LogP contribution in [0, 0.1) is 5.41 Å². The van der Waals surface area contributed by atoms with Gasteiger partial charge in [-0.3, -0.25) is 10.3 Å². The molecule has 1 rings (SSSR count). The van der Waals surface area contributed by atoms with Crippen LogP contribution in [0.4, 0.5) is 0 Å². The molecule has 0 bridgehead atoms. The van der Waals surface area contributed by atoms with E-state index in [1.54, 1.807) is 0 Å². The molecule has 1 aliphatic rings. The zero-order valence-corrected chi connectivity index (χ0v) is 10.9. The Balaban J connectivity index is 2.48. The van der Waals surface area contributed by atoms with Crippen molar-refractivity contribution in [2.45, 2.75) is 45.2 Å². The van der Waals surface area contributed by atoms with Crippen LogP contribution in [0.15, 0.2) is 0 Å². The van der Waals surface area contributed by atoms with Crippen LogP contribution < -0.4 is 5.73 Å². The number of likely N-dealkylation sites (N-methyl/N-ethyl adjacent to an activating group) is 1. The molecule has 94 valence electrons. The van der Waals surface area contributed by atoms with E-state index in [1.807, 2.05) is 0 Å². The first-order valence-corrected chi connectivity index (χ1v) is 6.38. The van der Waals surface area contributed by atoms with Gasteiger partial charge in [-0.25, -0.2) is 0 Å². The number of nitrogens with zero attached hydrogens (tertiary/aromatic N) is 2. The smallest absolute Gasteiger partial charge is 0.108 e. The van der Waals surface area contributed by atoms with Crippen LogP contribution in [0.2, 0.25) is 0 Å². The lowest BCUT2D eigenvalue weighted by molar-refractivity contribution is 0.116. The van der Waals surface area contributed by atoms with Gasteiger partial charge in [0.15, 0.2) is 0 Å². The summed E-state index contributed by atoms with van der Waals surface area (Å²) in [6.07, 6.45) is 3.34. The second kappa shape index (κ2) is 6.21. The van der Waals surface area contributed by atoms with E-state index in [1.165, 1.54) is 25.9 Å². The minimum Gasteiger partial charge on any atom is -0.386 e. The van der Waals surface area contributed by atoms with Crippen LogP contribution in [-0.2, 0) is 0 Å². The maximum Gasteiger partial charge on any atom is 0.108 e. The molecule has 0 amide bonds. The summed E-state index contributed by atoms with van der Waals surface area (Å²) in [6, 6.07) is 0.717. The molecule has 1 atom stereocenters. The zero-order valence-electron chi connectivity index (χ0n) is 10.9.